The van der Waals surface area contributed by atoms with Gasteiger partial charge in [-0.2, -0.15) is 0 Å². The number of ether oxygens (including phenoxy) is 2. The van der Waals surface area contributed by atoms with E-state index < -0.39 is 5.97 Å². The van der Waals surface area contributed by atoms with Crippen molar-refractivity contribution in [2.45, 2.75) is 51.4 Å². The lowest BCUT2D eigenvalue weighted by atomic mass is 9.77. The second-order valence-corrected chi connectivity index (χ2v) is 6.01. The maximum atomic E-state index is 10.9. The van der Waals surface area contributed by atoms with Crippen LogP contribution in [0.2, 0.25) is 0 Å². The molecule has 0 spiro atoms. The highest BCUT2D eigenvalue weighted by molar-refractivity contribution is 5.81. The molecule has 1 aliphatic rings. The summed E-state index contributed by atoms with van der Waals surface area (Å²) in [7, 11) is 0. The van der Waals surface area contributed by atoms with Gasteiger partial charge in [-0.15, -0.1) is 0 Å². The average molecular weight is 302 g/mol. The summed E-state index contributed by atoms with van der Waals surface area (Å²) in [6.45, 7) is 5.53. The molecule has 1 fully saturated rings. The van der Waals surface area contributed by atoms with Crippen LogP contribution in [-0.2, 0) is 9.53 Å². The molecule has 0 saturated heterocycles. The number of benzene rings is 1. The Morgan fingerprint density at radius 1 is 1.23 bits per heavy atom. The summed E-state index contributed by atoms with van der Waals surface area (Å²) < 4.78 is 10.2. The molecular formula is C19H26O3. The first kappa shape index (κ1) is 16.6. The first-order valence-electron chi connectivity index (χ1n) is 8.25. The Morgan fingerprint density at radius 3 is 2.50 bits per heavy atom. The van der Waals surface area contributed by atoms with Gasteiger partial charge in [-0.25, -0.2) is 4.79 Å². The maximum Gasteiger partial charge on any atom is 0.333 e. The lowest BCUT2D eigenvalue weighted by Gasteiger charge is -2.28. The van der Waals surface area contributed by atoms with Gasteiger partial charge < -0.3 is 9.47 Å². The van der Waals surface area contributed by atoms with E-state index in [1.807, 2.05) is 12.1 Å². The molecule has 0 bridgehead atoms. The molecule has 3 heteroatoms. The van der Waals surface area contributed by atoms with E-state index in [0.717, 1.165) is 17.7 Å². The van der Waals surface area contributed by atoms with Crippen molar-refractivity contribution in [3.05, 3.63) is 42.5 Å². The van der Waals surface area contributed by atoms with Crippen LogP contribution in [0.15, 0.2) is 36.9 Å². The van der Waals surface area contributed by atoms with E-state index in [4.69, 9.17) is 9.47 Å². The van der Waals surface area contributed by atoms with Gasteiger partial charge in [0.2, 0.25) is 6.79 Å². The molecule has 0 amide bonds. The number of hydrogen-bond donors (Lipinski definition) is 0. The molecule has 1 aliphatic carbocycles. The highest BCUT2D eigenvalue weighted by Crippen LogP contribution is 2.37. The van der Waals surface area contributed by atoms with E-state index in [-0.39, 0.29) is 6.79 Å². The molecule has 0 aromatic heterocycles. The van der Waals surface area contributed by atoms with Gasteiger partial charge in [-0.05, 0) is 55.2 Å². The molecule has 3 nitrogen and oxygen atoms in total. The molecule has 0 unspecified atom stereocenters. The second-order valence-electron chi connectivity index (χ2n) is 6.01. The number of carbonyl (C=O) groups is 1. The van der Waals surface area contributed by atoms with Gasteiger partial charge in [0.25, 0.3) is 0 Å². The second kappa shape index (κ2) is 8.62. The Labute approximate surface area is 133 Å². The molecule has 2 rings (SSSR count). The smallest absolute Gasteiger partial charge is 0.333 e. The van der Waals surface area contributed by atoms with E-state index in [2.05, 4.69) is 25.6 Å². The van der Waals surface area contributed by atoms with Crippen LogP contribution in [0, 0.1) is 5.92 Å². The lowest BCUT2D eigenvalue weighted by Crippen LogP contribution is -2.13. The fraction of sp³-hybridized carbons (Fsp3) is 0.526. The number of hydrogen-bond acceptors (Lipinski definition) is 3. The Kier molecular flexibility index (Phi) is 6.50. The fourth-order valence-corrected chi connectivity index (χ4v) is 3.24. The van der Waals surface area contributed by atoms with E-state index in [1.54, 1.807) is 0 Å². The maximum absolute atomic E-state index is 10.9. The van der Waals surface area contributed by atoms with Crippen molar-refractivity contribution in [2.24, 2.45) is 5.92 Å². The molecule has 120 valence electrons. The third-order valence-electron chi connectivity index (χ3n) is 4.49. The quantitative estimate of drug-likeness (QED) is 0.411. The third-order valence-corrected chi connectivity index (χ3v) is 4.49. The third kappa shape index (κ3) is 4.90. The molecule has 0 aliphatic heterocycles. The summed E-state index contributed by atoms with van der Waals surface area (Å²) in [4.78, 5) is 10.9. The van der Waals surface area contributed by atoms with E-state index in [0.29, 0.717) is 5.92 Å². The van der Waals surface area contributed by atoms with Crippen LogP contribution in [0.3, 0.4) is 0 Å². The van der Waals surface area contributed by atoms with Crippen LogP contribution >= 0.6 is 0 Å². The largest absolute Gasteiger partial charge is 0.457 e. The van der Waals surface area contributed by atoms with Crippen molar-refractivity contribution in [1.29, 1.82) is 0 Å². The summed E-state index contributed by atoms with van der Waals surface area (Å²) in [6, 6.07) is 8.18. The van der Waals surface area contributed by atoms with Crippen molar-refractivity contribution in [2.75, 3.05) is 6.79 Å². The average Bonchev–Trinajstić information content (AvgIpc) is 2.56. The normalized spacial score (nSPS) is 21.1. The minimum absolute atomic E-state index is 0.0771. The van der Waals surface area contributed by atoms with E-state index in [1.165, 1.54) is 44.1 Å². The number of carbonyl (C=O) groups excluding carboxylic acids is 1. The zero-order valence-electron chi connectivity index (χ0n) is 13.4. The van der Waals surface area contributed by atoms with E-state index in [9.17, 15) is 4.79 Å². The number of esters is 1. The van der Waals surface area contributed by atoms with Gasteiger partial charge in [-0.3, -0.25) is 0 Å². The zero-order valence-corrected chi connectivity index (χ0v) is 13.4. The molecule has 0 heterocycles. The minimum Gasteiger partial charge on any atom is -0.457 e. The zero-order chi connectivity index (χ0) is 15.8. The summed E-state index contributed by atoms with van der Waals surface area (Å²) in [5.41, 5.74) is 1.39. The van der Waals surface area contributed by atoms with E-state index >= 15 is 0 Å². The van der Waals surface area contributed by atoms with Crippen LogP contribution in [0.5, 0.6) is 5.75 Å². The highest BCUT2D eigenvalue weighted by Gasteiger charge is 2.21. The van der Waals surface area contributed by atoms with Crippen LogP contribution in [0.25, 0.3) is 0 Å². The first-order chi connectivity index (χ1) is 10.7. The molecule has 0 radical (unpaired) electrons. The SMILES string of the molecule is C=CC(=O)OCOc1ccc(C2CCC(CCC)CC2)cc1. The van der Waals surface area contributed by atoms with Crippen LogP contribution in [0.4, 0.5) is 0 Å². The highest BCUT2D eigenvalue weighted by atomic mass is 16.7. The van der Waals surface area contributed by atoms with Crippen LogP contribution in [-0.4, -0.2) is 12.8 Å². The van der Waals surface area contributed by atoms with Gasteiger partial charge in [0.1, 0.15) is 5.75 Å². The summed E-state index contributed by atoms with van der Waals surface area (Å²) >= 11 is 0. The van der Waals surface area contributed by atoms with Crippen molar-refractivity contribution in [3.8, 4) is 5.75 Å². The Bertz CT molecular complexity index is 470. The molecule has 0 atom stereocenters. The molecule has 0 N–H and O–H groups in total. The Balaban J connectivity index is 1.79. The van der Waals surface area contributed by atoms with Crippen molar-refractivity contribution in [3.63, 3.8) is 0 Å². The summed E-state index contributed by atoms with van der Waals surface area (Å²) in [6.07, 6.45) is 9.11. The predicted octanol–water partition coefficient (Wildman–Crippen LogP) is 4.83. The van der Waals surface area contributed by atoms with Crippen LogP contribution in [0.1, 0.15) is 56.9 Å². The molecular weight excluding hydrogens is 276 g/mol. The van der Waals surface area contributed by atoms with Gasteiger partial charge >= 0.3 is 5.97 Å². The van der Waals surface area contributed by atoms with Crippen molar-refractivity contribution >= 4 is 5.97 Å². The molecule has 22 heavy (non-hydrogen) atoms. The summed E-state index contributed by atoms with van der Waals surface area (Å²) in [5, 5.41) is 0. The molecule has 1 aromatic rings. The monoisotopic (exact) mass is 302 g/mol. The van der Waals surface area contributed by atoms with Gasteiger partial charge in [0, 0.05) is 6.08 Å². The van der Waals surface area contributed by atoms with Crippen molar-refractivity contribution < 1.29 is 14.3 Å². The van der Waals surface area contributed by atoms with Gasteiger partial charge in [-0.1, -0.05) is 38.5 Å². The lowest BCUT2D eigenvalue weighted by molar-refractivity contribution is -0.144. The van der Waals surface area contributed by atoms with Crippen molar-refractivity contribution in [1.82, 2.24) is 0 Å². The molecule has 1 aromatic carbocycles. The first-order valence-corrected chi connectivity index (χ1v) is 8.25. The Morgan fingerprint density at radius 2 is 1.91 bits per heavy atom. The topological polar surface area (TPSA) is 35.5 Å². The van der Waals surface area contributed by atoms with Crippen LogP contribution < -0.4 is 4.74 Å². The van der Waals surface area contributed by atoms with Gasteiger partial charge in [0.05, 0.1) is 0 Å². The number of rotatable bonds is 7. The minimum atomic E-state index is -0.472. The predicted molar refractivity (Wildman–Crippen MR) is 87.8 cm³/mol. The summed E-state index contributed by atoms with van der Waals surface area (Å²) in [5.74, 6) is 1.87. The molecule has 1 saturated carbocycles. The standard InChI is InChI=1S/C19H26O3/c1-3-5-15-6-8-16(9-7-15)17-10-12-18(13-11-17)21-14-22-19(20)4-2/h4,10-13,15-16H,2-3,5-9,14H2,1H3. The fourth-order valence-electron chi connectivity index (χ4n) is 3.24. The van der Waals surface area contributed by atoms with Gasteiger partial charge in [0.15, 0.2) is 0 Å². The Hall–Kier alpha value is -1.77.